The number of benzene rings is 2. The molecule has 0 bridgehead atoms. The Morgan fingerprint density at radius 3 is 2.62 bits per heavy atom. The van der Waals surface area contributed by atoms with Gasteiger partial charge in [-0.1, -0.05) is 52.0 Å². The van der Waals surface area contributed by atoms with Crippen molar-refractivity contribution in [1.82, 2.24) is 15.2 Å². The zero-order chi connectivity index (χ0) is 20.8. The number of thioether (sulfide) groups is 1. The Labute approximate surface area is 178 Å². The number of amides is 2. The van der Waals surface area contributed by atoms with Crippen LogP contribution in [-0.2, 0) is 9.59 Å². The van der Waals surface area contributed by atoms with Crippen LogP contribution in [0.15, 0.2) is 63.0 Å². The molecule has 0 unspecified atom stereocenters. The van der Waals surface area contributed by atoms with Crippen LogP contribution in [0.3, 0.4) is 0 Å². The molecule has 3 rings (SSSR count). The number of aromatic amines is 1. The van der Waals surface area contributed by atoms with Gasteiger partial charge in [-0.25, -0.2) is 0 Å². The first-order valence-corrected chi connectivity index (χ1v) is 10.2. The molecule has 3 aromatic rings. The second-order valence-electron chi connectivity index (χ2n) is 5.88. The van der Waals surface area contributed by atoms with Crippen LogP contribution in [-0.4, -0.2) is 32.7 Å². The van der Waals surface area contributed by atoms with Gasteiger partial charge in [0.15, 0.2) is 10.9 Å². The van der Waals surface area contributed by atoms with E-state index in [0.29, 0.717) is 16.9 Å². The lowest BCUT2D eigenvalue weighted by molar-refractivity contribution is -0.114. The molecule has 10 heteroatoms. The van der Waals surface area contributed by atoms with Gasteiger partial charge in [-0.15, -0.1) is 10.2 Å². The Kier molecular flexibility index (Phi) is 6.78. The van der Waals surface area contributed by atoms with E-state index in [2.05, 4.69) is 41.7 Å². The van der Waals surface area contributed by atoms with Gasteiger partial charge >= 0.3 is 0 Å². The average Bonchev–Trinajstić information content (AvgIpc) is 2.67. The first kappa shape index (κ1) is 20.7. The molecule has 0 aliphatic rings. The number of hydrogen-bond acceptors (Lipinski definition) is 6. The maximum absolute atomic E-state index is 12.5. The van der Waals surface area contributed by atoms with Gasteiger partial charge in [-0.05, 0) is 24.3 Å². The zero-order valence-electron chi connectivity index (χ0n) is 15.2. The molecule has 2 amide bonds. The molecule has 29 heavy (non-hydrogen) atoms. The summed E-state index contributed by atoms with van der Waals surface area (Å²) in [6.45, 7) is 1.38. The van der Waals surface area contributed by atoms with Gasteiger partial charge in [0.25, 0.3) is 5.56 Å². The quantitative estimate of drug-likeness (QED) is 0.472. The molecular weight excluding hydrogens is 458 g/mol. The summed E-state index contributed by atoms with van der Waals surface area (Å²) in [7, 11) is 0. The second-order valence-corrected chi connectivity index (χ2v) is 7.76. The summed E-state index contributed by atoms with van der Waals surface area (Å²) >= 11 is 4.40. The van der Waals surface area contributed by atoms with Gasteiger partial charge in [0.1, 0.15) is 0 Å². The molecule has 148 valence electrons. The highest BCUT2D eigenvalue weighted by Gasteiger charge is 2.13. The molecule has 0 atom stereocenters. The van der Waals surface area contributed by atoms with Crippen LogP contribution in [0.4, 0.5) is 11.4 Å². The van der Waals surface area contributed by atoms with E-state index >= 15 is 0 Å². The van der Waals surface area contributed by atoms with Gasteiger partial charge < -0.3 is 10.6 Å². The van der Waals surface area contributed by atoms with Crippen molar-refractivity contribution in [3.63, 3.8) is 0 Å². The highest BCUT2D eigenvalue weighted by atomic mass is 79.9. The van der Waals surface area contributed by atoms with E-state index < -0.39 is 5.56 Å². The van der Waals surface area contributed by atoms with Crippen molar-refractivity contribution in [2.45, 2.75) is 12.1 Å². The molecule has 0 fully saturated rings. The monoisotopic (exact) mass is 473 g/mol. The van der Waals surface area contributed by atoms with Crippen LogP contribution in [0.25, 0.3) is 11.3 Å². The topological polar surface area (TPSA) is 117 Å². The van der Waals surface area contributed by atoms with Crippen molar-refractivity contribution in [3.05, 3.63) is 63.4 Å². The summed E-state index contributed by atoms with van der Waals surface area (Å²) in [6, 6.07) is 14.0. The summed E-state index contributed by atoms with van der Waals surface area (Å²) in [5.74, 6) is -0.444. The molecule has 3 N–H and O–H groups in total. The molecule has 0 aliphatic carbocycles. The van der Waals surface area contributed by atoms with Crippen LogP contribution < -0.4 is 16.2 Å². The molecule has 0 saturated carbocycles. The standard InChI is InChI=1S/C19H16BrN5O3S/c1-11(26)21-15-8-3-2-7-14(15)17-18(28)23-19(25-24-17)29-10-16(27)22-13-6-4-5-12(20)9-13/h2-9H,10H2,1H3,(H,21,26)(H,22,27)(H,23,25,28). The number of anilines is 2. The van der Waals surface area contributed by atoms with Crippen molar-refractivity contribution >= 4 is 50.9 Å². The van der Waals surface area contributed by atoms with Crippen LogP contribution in [0.2, 0.25) is 0 Å². The summed E-state index contributed by atoms with van der Waals surface area (Å²) in [4.78, 5) is 38.5. The summed E-state index contributed by atoms with van der Waals surface area (Å²) < 4.78 is 0.855. The number of carbonyl (C=O) groups excluding carboxylic acids is 2. The van der Waals surface area contributed by atoms with E-state index in [1.54, 1.807) is 36.4 Å². The summed E-state index contributed by atoms with van der Waals surface area (Å²) in [6.07, 6.45) is 0. The van der Waals surface area contributed by atoms with Gasteiger partial charge in [0.2, 0.25) is 11.8 Å². The molecular formula is C19H16BrN5O3S. The van der Waals surface area contributed by atoms with Crippen LogP contribution >= 0.6 is 27.7 Å². The second kappa shape index (κ2) is 9.48. The van der Waals surface area contributed by atoms with Crippen molar-refractivity contribution in [2.24, 2.45) is 0 Å². The van der Waals surface area contributed by atoms with Gasteiger partial charge in [0, 0.05) is 22.6 Å². The summed E-state index contributed by atoms with van der Waals surface area (Å²) in [5, 5.41) is 13.6. The number of halogens is 1. The fourth-order valence-electron chi connectivity index (χ4n) is 2.45. The normalized spacial score (nSPS) is 10.4. The molecule has 1 heterocycles. The minimum absolute atomic E-state index is 0.0545. The third kappa shape index (κ3) is 5.75. The first-order chi connectivity index (χ1) is 13.9. The first-order valence-electron chi connectivity index (χ1n) is 8.44. The van der Waals surface area contributed by atoms with Crippen molar-refractivity contribution < 1.29 is 9.59 Å². The minimum Gasteiger partial charge on any atom is -0.326 e. The van der Waals surface area contributed by atoms with Crippen molar-refractivity contribution in [3.8, 4) is 11.3 Å². The van der Waals surface area contributed by atoms with E-state index in [-0.39, 0.29) is 28.4 Å². The van der Waals surface area contributed by atoms with Gasteiger partial charge in [0.05, 0.1) is 11.4 Å². The number of H-pyrrole nitrogens is 1. The van der Waals surface area contributed by atoms with Crippen LogP contribution in [0.5, 0.6) is 0 Å². The van der Waals surface area contributed by atoms with E-state index in [4.69, 9.17) is 0 Å². The number of aromatic nitrogens is 3. The molecule has 2 aromatic carbocycles. The number of hydrogen-bond donors (Lipinski definition) is 3. The largest absolute Gasteiger partial charge is 0.326 e. The van der Waals surface area contributed by atoms with E-state index in [1.807, 2.05) is 12.1 Å². The Bertz CT molecular complexity index is 1120. The Morgan fingerprint density at radius 2 is 1.90 bits per heavy atom. The molecule has 0 aliphatic heterocycles. The molecule has 0 saturated heterocycles. The number of nitrogens with zero attached hydrogens (tertiary/aromatic N) is 2. The fraction of sp³-hybridized carbons (Fsp3) is 0.105. The lowest BCUT2D eigenvalue weighted by Crippen LogP contribution is -2.18. The number of nitrogens with one attached hydrogen (secondary N) is 3. The zero-order valence-corrected chi connectivity index (χ0v) is 17.6. The third-order valence-corrected chi connectivity index (χ3v) is 4.97. The SMILES string of the molecule is CC(=O)Nc1ccccc1-c1nnc(SCC(=O)Nc2cccc(Br)c2)[nH]c1=O. The molecule has 1 aromatic heterocycles. The van der Waals surface area contributed by atoms with Gasteiger partial charge in [-0.3, -0.25) is 19.4 Å². The van der Waals surface area contributed by atoms with Crippen molar-refractivity contribution in [1.29, 1.82) is 0 Å². The van der Waals surface area contributed by atoms with Crippen LogP contribution in [0.1, 0.15) is 6.92 Å². The molecule has 0 radical (unpaired) electrons. The lowest BCUT2D eigenvalue weighted by Gasteiger charge is -2.08. The van der Waals surface area contributed by atoms with Gasteiger partial charge in [-0.2, -0.15) is 0 Å². The molecule has 8 nitrogen and oxygen atoms in total. The van der Waals surface area contributed by atoms with E-state index in [1.165, 1.54) is 6.92 Å². The minimum atomic E-state index is -0.465. The highest BCUT2D eigenvalue weighted by molar-refractivity contribution is 9.10. The predicted octanol–water partition coefficient (Wildman–Crippen LogP) is 3.28. The Balaban J connectivity index is 1.70. The predicted molar refractivity (Wildman–Crippen MR) is 116 cm³/mol. The lowest BCUT2D eigenvalue weighted by atomic mass is 10.1. The third-order valence-electron chi connectivity index (χ3n) is 3.62. The van der Waals surface area contributed by atoms with Crippen molar-refractivity contribution in [2.75, 3.05) is 16.4 Å². The van der Waals surface area contributed by atoms with E-state index in [9.17, 15) is 14.4 Å². The molecule has 0 spiro atoms. The number of rotatable bonds is 6. The maximum atomic E-state index is 12.5. The number of para-hydroxylation sites is 1. The summed E-state index contributed by atoms with van der Waals surface area (Å²) in [5.41, 5.74) is 1.20. The van der Waals surface area contributed by atoms with E-state index in [0.717, 1.165) is 16.2 Å². The highest BCUT2D eigenvalue weighted by Crippen LogP contribution is 2.24. The fourth-order valence-corrected chi connectivity index (χ4v) is 3.45. The van der Waals surface area contributed by atoms with Crippen LogP contribution in [0, 0.1) is 0 Å². The Hall–Kier alpha value is -2.98. The number of carbonyl (C=O) groups is 2. The Morgan fingerprint density at radius 1 is 1.10 bits per heavy atom. The maximum Gasteiger partial charge on any atom is 0.278 e. The smallest absolute Gasteiger partial charge is 0.278 e. The average molecular weight is 474 g/mol.